The number of hydrogen-bond donors (Lipinski definition) is 0. The minimum atomic E-state index is 0.524. The molecule has 1 aliphatic rings. The van der Waals surface area contributed by atoms with Crippen LogP contribution in [0.25, 0.3) is 0 Å². The van der Waals surface area contributed by atoms with E-state index in [1.54, 1.807) is 0 Å². The number of hydrogen-bond acceptors (Lipinski definition) is 0. The van der Waals surface area contributed by atoms with Crippen molar-refractivity contribution < 1.29 is 0 Å². The lowest BCUT2D eigenvalue weighted by Crippen LogP contribution is -1.81. The first-order valence-electron chi connectivity index (χ1n) is 3.70. The van der Waals surface area contributed by atoms with Crippen molar-refractivity contribution in [1.29, 1.82) is 0 Å². The predicted octanol–water partition coefficient (Wildman–Crippen LogP) is 3.72. The highest BCUT2D eigenvalue weighted by molar-refractivity contribution is 9.09. The van der Waals surface area contributed by atoms with E-state index in [0.717, 1.165) is 5.02 Å². The summed E-state index contributed by atoms with van der Waals surface area (Å²) < 4.78 is 0. The fourth-order valence-electron chi connectivity index (χ4n) is 1.52. The molecule has 1 unspecified atom stereocenters. The van der Waals surface area contributed by atoms with Gasteiger partial charge in [0.05, 0.1) is 0 Å². The number of rotatable bonds is 0. The molecule has 1 aromatic carbocycles. The van der Waals surface area contributed by atoms with Gasteiger partial charge in [-0.15, -0.1) is 0 Å². The van der Waals surface area contributed by atoms with Crippen LogP contribution in [0.5, 0.6) is 0 Å². The lowest BCUT2D eigenvalue weighted by Gasteiger charge is -2.01. The Labute approximate surface area is 79.7 Å². The average Bonchev–Trinajstić information content (AvgIpc) is 2.33. The number of aryl methyl sites for hydroxylation is 1. The summed E-state index contributed by atoms with van der Waals surface area (Å²) in [5.41, 5.74) is 2.81. The summed E-state index contributed by atoms with van der Waals surface area (Å²) in [6.07, 6.45) is 2.39. The molecule has 2 rings (SSSR count). The van der Waals surface area contributed by atoms with Crippen LogP contribution in [-0.2, 0) is 6.42 Å². The zero-order valence-electron chi connectivity index (χ0n) is 5.98. The summed E-state index contributed by atoms with van der Waals surface area (Å²) in [6.45, 7) is 0. The predicted molar refractivity (Wildman–Crippen MR) is 51.4 cm³/mol. The van der Waals surface area contributed by atoms with Crippen molar-refractivity contribution in [1.82, 2.24) is 0 Å². The highest BCUT2D eigenvalue weighted by Gasteiger charge is 2.19. The maximum absolute atomic E-state index is 5.87. The van der Waals surface area contributed by atoms with E-state index in [1.807, 2.05) is 6.07 Å². The minimum Gasteiger partial charge on any atom is -0.0843 e. The number of fused-ring (bicyclic) bond motifs is 1. The third-order valence-corrected chi connectivity index (χ3v) is 3.30. The van der Waals surface area contributed by atoms with Crippen LogP contribution >= 0.6 is 27.5 Å². The Morgan fingerprint density at radius 3 is 3.09 bits per heavy atom. The summed E-state index contributed by atoms with van der Waals surface area (Å²) in [4.78, 5) is 0.524. The summed E-state index contributed by atoms with van der Waals surface area (Å²) in [6, 6.07) is 6.15. The van der Waals surface area contributed by atoms with Crippen LogP contribution in [0.15, 0.2) is 18.2 Å². The Hall–Kier alpha value is -0.0100. The van der Waals surface area contributed by atoms with Gasteiger partial charge in [-0.2, -0.15) is 0 Å². The Morgan fingerprint density at radius 2 is 2.27 bits per heavy atom. The van der Waals surface area contributed by atoms with Crippen molar-refractivity contribution in [3.63, 3.8) is 0 Å². The van der Waals surface area contributed by atoms with Gasteiger partial charge in [0.25, 0.3) is 0 Å². The quantitative estimate of drug-likeness (QED) is 0.597. The highest BCUT2D eigenvalue weighted by atomic mass is 79.9. The van der Waals surface area contributed by atoms with E-state index < -0.39 is 0 Å². The van der Waals surface area contributed by atoms with E-state index in [1.165, 1.54) is 24.0 Å². The average molecular weight is 232 g/mol. The Kier molecular flexibility index (Phi) is 1.94. The topological polar surface area (TPSA) is 0 Å². The van der Waals surface area contributed by atoms with Crippen molar-refractivity contribution in [2.45, 2.75) is 17.7 Å². The van der Waals surface area contributed by atoms with Gasteiger partial charge < -0.3 is 0 Å². The molecule has 0 saturated heterocycles. The van der Waals surface area contributed by atoms with Crippen LogP contribution in [-0.4, -0.2) is 0 Å². The second kappa shape index (κ2) is 2.80. The first kappa shape index (κ1) is 7.63. The first-order chi connectivity index (χ1) is 5.27. The molecule has 0 N–H and O–H groups in total. The van der Waals surface area contributed by atoms with Crippen LogP contribution in [0.1, 0.15) is 22.4 Å². The van der Waals surface area contributed by atoms with Crippen molar-refractivity contribution >= 4 is 27.5 Å². The fourth-order valence-corrected chi connectivity index (χ4v) is 2.36. The molecule has 11 heavy (non-hydrogen) atoms. The molecular weight excluding hydrogens is 223 g/mol. The summed E-state index contributed by atoms with van der Waals surface area (Å²) in [5, 5.41) is 0.843. The zero-order valence-corrected chi connectivity index (χ0v) is 8.32. The van der Waals surface area contributed by atoms with Gasteiger partial charge >= 0.3 is 0 Å². The van der Waals surface area contributed by atoms with E-state index >= 15 is 0 Å². The standard InChI is InChI=1S/C9H8BrCl/c10-9-4-2-6-1-3-7(11)5-8(6)9/h1,3,5,9H,2,4H2. The highest BCUT2D eigenvalue weighted by Crippen LogP contribution is 2.38. The molecule has 0 nitrogen and oxygen atoms in total. The zero-order chi connectivity index (χ0) is 7.84. The van der Waals surface area contributed by atoms with E-state index in [2.05, 4.69) is 28.1 Å². The molecule has 0 bridgehead atoms. The molecule has 0 radical (unpaired) electrons. The molecule has 0 spiro atoms. The second-order valence-corrected chi connectivity index (χ2v) is 4.39. The van der Waals surface area contributed by atoms with Gasteiger partial charge in [-0.3, -0.25) is 0 Å². The summed E-state index contributed by atoms with van der Waals surface area (Å²) >= 11 is 9.48. The van der Waals surface area contributed by atoms with Crippen molar-refractivity contribution in [2.24, 2.45) is 0 Å². The summed E-state index contributed by atoms with van der Waals surface area (Å²) in [7, 11) is 0. The largest absolute Gasteiger partial charge is 0.0843 e. The maximum Gasteiger partial charge on any atom is 0.0409 e. The van der Waals surface area contributed by atoms with Crippen LogP contribution in [0.2, 0.25) is 5.02 Å². The smallest absolute Gasteiger partial charge is 0.0409 e. The molecule has 2 heteroatoms. The van der Waals surface area contributed by atoms with Gasteiger partial charge in [0.2, 0.25) is 0 Å². The molecule has 0 fully saturated rings. The Balaban J connectivity index is 2.52. The van der Waals surface area contributed by atoms with Crippen molar-refractivity contribution in [2.75, 3.05) is 0 Å². The van der Waals surface area contributed by atoms with Crippen molar-refractivity contribution in [3.05, 3.63) is 34.3 Å². The van der Waals surface area contributed by atoms with E-state index in [0.29, 0.717) is 4.83 Å². The molecule has 1 aromatic rings. The van der Waals surface area contributed by atoms with Crippen molar-refractivity contribution in [3.8, 4) is 0 Å². The maximum atomic E-state index is 5.87. The van der Waals surface area contributed by atoms with E-state index in [9.17, 15) is 0 Å². The molecule has 58 valence electrons. The fraction of sp³-hybridized carbons (Fsp3) is 0.333. The van der Waals surface area contributed by atoms with Gasteiger partial charge in [-0.25, -0.2) is 0 Å². The normalized spacial score (nSPS) is 21.8. The van der Waals surface area contributed by atoms with Gasteiger partial charge in [-0.1, -0.05) is 33.6 Å². The molecule has 0 amide bonds. The lowest BCUT2D eigenvalue weighted by atomic mass is 10.1. The van der Waals surface area contributed by atoms with Crippen LogP contribution in [0.3, 0.4) is 0 Å². The van der Waals surface area contributed by atoms with Gasteiger partial charge in [0.15, 0.2) is 0 Å². The van der Waals surface area contributed by atoms with Gasteiger partial charge in [-0.05, 0) is 36.1 Å². The number of alkyl halides is 1. The van der Waals surface area contributed by atoms with Gasteiger partial charge in [0.1, 0.15) is 0 Å². The molecule has 0 aliphatic heterocycles. The Morgan fingerprint density at radius 1 is 1.45 bits per heavy atom. The molecule has 0 heterocycles. The summed E-state index contributed by atoms with van der Waals surface area (Å²) in [5.74, 6) is 0. The molecular formula is C9H8BrCl. The molecule has 1 atom stereocenters. The SMILES string of the molecule is Clc1ccc2c(c1)C(Br)CC2. The van der Waals surface area contributed by atoms with Gasteiger partial charge in [0, 0.05) is 9.85 Å². The monoisotopic (exact) mass is 230 g/mol. The third-order valence-electron chi connectivity index (χ3n) is 2.11. The number of benzene rings is 1. The number of halogens is 2. The molecule has 0 aromatic heterocycles. The molecule has 0 saturated carbocycles. The lowest BCUT2D eigenvalue weighted by molar-refractivity contribution is 0.903. The second-order valence-electron chi connectivity index (χ2n) is 2.85. The third kappa shape index (κ3) is 1.32. The Bertz CT molecular complexity index is 283. The van der Waals surface area contributed by atoms with Crippen LogP contribution in [0, 0.1) is 0 Å². The van der Waals surface area contributed by atoms with E-state index in [4.69, 9.17) is 11.6 Å². The first-order valence-corrected chi connectivity index (χ1v) is 4.99. The molecule has 1 aliphatic carbocycles. The van der Waals surface area contributed by atoms with Crippen LogP contribution < -0.4 is 0 Å². The van der Waals surface area contributed by atoms with Crippen LogP contribution in [0.4, 0.5) is 0 Å². The minimum absolute atomic E-state index is 0.524. The van der Waals surface area contributed by atoms with E-state index in [-0.39, 0.29) is 0 Å².